The summed E-state index contributed by atoms with van der Waals surface area (Å²) in [5, 5.41) is 3.90. The van der Waals surface area contributed by atoms with Crippen molar-refractivity contribution >= 4 is 0 Å². The van der Waals surface area contributed by atoms with Crippen molar-refractivity contribution < 1.29 is 0 Å². The molecular formula is C20H31N. The number of nitrogens with one attached hydrogen (secondary N) is 1. The summed E-state index contributed by atoms with van der Waals surface area (Å²) < 4.78 is 0. The minimum absolute atomic E-state index is 0.752. The van der Waals surface area contributed by atoms with Gasteiger partial charge in [0.1, 0.15) is 0 Å². The van der Waals surface area contributed by atoms with Crippen LogP contribution >= 0.6 is 0 Å². The predicted molar refractivity (Wildman–Crippen MR) is 90.5 cm³/mol. The second-order valence-corrected chi connectivity index (χ2v) is 7.20. The van der Waals surface area contributed by atoms with Gasteiger partial charge < -0.3 is 5.32 Å². The molecular weight excluding hydrogens is 254 g/mol. The van der Waals surface area contributed by atoms with Gasteiger partial charge in [0.15, 0.2) is 0 Å². The fraction of sp³-hybridized carbons (Fsp3) is 0.700. The second kappa shape index (κ2) is 6.96. The van der Waals surface area contributed by atoms with Crippen LogP contribution in [-0.2, 0) is 12.8 Å². The lowest BCUT2D eigenvalue weighted by atomic mass is 9.80. The molecule has 3 unspecified atom stereocenters. The summed E-state index contributed by atoms with van der Waals surface area (Å²) in [5.41, 5.74) is 3.28. The molecule has 21 heavy (non-hydrogen) atoms. The van der Waals surface area contributed by atoms with E-state index >= 15 is 0 Å². The zero-order chi connectivity index (χ0) is 14.7. The van der Waals surface area contributed by atoms with E-state index in [0.717, 1.165) is 23.8 Å². The van der Waals surface area contributed by atoms with Crippen molar-refractivity contribution in [2.45, 2.75) is 64.8 Å². The average molecular weight is 285 g/mol. The van der Waals surface area contributed by atoms with Crippen LogP contribution in [0.1, 0.15) is 57.1 Å². The molecule has 2 aliphatic carbocycles. The van der Waals surface area contributed by atoms with Gasteiger partial charge in [-0.2, -0.15) is 0 Å². The molecule has 1 aromatic carbocycles. The molecule has 0 heterocycles. The van der Waals surface area contributed by atoms with Crippen LogP contribution in [0.5, 0.6) is 0 Å². The van der Waals surface area contributed by atoms with E-state index < -0.39 is 0 Å². The molecule has 3 atom stereocenters. The maximum Gasteiger partial charge on any atom is 0.0101 e. The van der Waals surface area contributed by atoms with Gasteiger partial charge in [-0.3, -0.25) is 0 Å². The minimum Gasteiger partial charge on any atom is -0.314 e. The Morgan fingerprint density at radius 1 is 1.00 bits per heavy atom. The quantitative estimate of drug-likeness (QED) is 0.805. The fourth-order valence-electron chi connectivity index (χ4n) is 4.92. The summed E-state index contributed by atoms with van der Waals surface area (Å²) in [6.45, 7) is 5.81. The third-order valence-corrected chi connectivity index (χ3v) is 5.80. The van der Waals surface area contributed by atoms with E-state index in [2.05, 4.69) is 43.4 Å². The van der Waals surface area contributed by atoms with Crippen molar-refractivity contribution in [1.82, 2.24) is 5.32 Å². The monoisotopic (exact) mass is 285 g/mol. The van der Waals surface area contributed by atoms with Gasteiger partial charge in [0, 0.05) is 6.04 Å². The third kappa shape index (κ3) is 3.18. The van der Waals surface area contributed by atoms with E-state index in [-0.39, 0.29) is 0 Å². The van der Waals surface area contributed by atoms with Crippen LogP contribution in [0.25, 0.3) is 0 Å². The zero-order valence-corrected chi connectivity index (χ0v) is 13.8. The van der Waals surface area contributed by atoms with Crippen LogP contribution in [0.3, 0.4) is 0 Å². The molecule has 1 saturated carbocycles. The van der Waals surface area contributed by atoms with Crippen molar-refractivity contribution in [2.24, 2.45) is 17.8 Å². The smallest absolute Gasteiger partial charge is 0.0101 e. The SMILES string of the molecule is CCCNC(CCC)C1C2CCC1Cc1ccccc1C2. The van der Waals surface area contributed by atoms with E-state index in [9.17, 15) is 0 Å². The highest BCUT2D eigenvalue weighted by atomic mass is 14.9. The summed E-state index contributed by atoms with van der Waals surface area (Å²) >= 11 is 0. The third-order valence-electron chi connectivity index (χ3n) is 5.80. The second-order valence-electron chi connectivity index (χ2n) is 7.20. The molecule has 3 rings (SSSR count). The molecule has 0 radical (unpaired) electrons. The van der Waals surface area contributed by atoms with E-state index in [1.807, 2.05) is 0 Å². The molecule has 2 bridgehead atoms. The molecule has 0 aliphatic heterocycles. The van der Waals surface area contributed by atoms with Crippen molar-refractivity contribution in [2.75, 3.05) is 6.54 Å². The maximum atomic E-state index is 3.90. The Kier molecular flexibility index (Phi) is 5.00. The first-order valence-electron chi connectivity index (χ1n) is 9.13. The Morgan fingerprint density at radius 2 is 1.62 bits per heavy atom. The largest absolute Gasteiger partial charge is 0.314 e. The Labute approximate surface area is 130 Å². The zero-order valence-electron chi connectivity index (χ0n) is 13.8. The molecule has 1 N–H and O–H groups in total. The standard InChI is InChI=1S/C20H31N/c1-3-7-19(21-12-4-2)20-17-10-11-18(20)14-16-9-6-5-8-15(16)13-17/h5-6,8-9,17-21H,3-4,7,10-14H2,1-2H3. The molecule has 116 valence electrons. The minimum atomic E-state index is 0.752. The molecule has 2 aliphatic rings. The van der Waals surface area contributed by atoms with E-state index in [4.69, 9.17) is 0 Å². The van der Waals surface area contributed by atoms with Gasteiger partial charge >= 0.3 is 0 Å². The average Bonchev–Trinajstić information content (AvgIpc) is 2.78. The number of rotatable bonds is 6. The predicted octanol–water partition coefficient (Wildman–Crippen LogP) is 4.60. The summed E-state index contributed by atoms with van der Waals surface area (Å²) in [6, 6.07) is 9.96. The lowest BCUT2D eigenvalue weighted by Crippen LogP contribution is -2.41. The summed E-state index contributed by atoms with van der Waals surface area (Å²) in [6.07, 6.45) is 9.48. The van der Waals surface area contributed by atoms with E-state index in [1.165, 1.54) is 51.5 Å². The molecule has 1 heteroatoms. The Hall–Kier alpha value is -0.820. The summed E-state index contributed by atoms with van der Waals surface area (Å²) in [4.78, 5) is 0. The van der Waals surface area contributed by atoms with Gasteiger partial charge in [-0.05, 0) is 74.0 Å². The van der Waals surface area contributed by atoms with E-state index in [0.29, 0.717) is 0 Å². The Morgan fingerprint density at radius 3 is 2.14 bits per heavy atom. The first kappa shape index (κ1) is 15.1. The van der Waals surface area contributed by atoms with Gasteiger partial charge in [0.2, 0.25) is 0 Å². The molecule has 1 nitrogen and oxygen atoms in total. The Balaban J connectivity index is 1.80. The topological polar surface area (TPSA) is 12.0 Å². The van der Waals surface area contributed by atoms with Gasteiger partial charge in [0.05, 0.1) is 0 Å². The van der Waals surface area contributed by atoms with Crippen LogP contribution in [0, 0.1) is 17.8 Å². The number of fused-ring (bicyclic) bond motifs is 3. The summed E-state index contributed by atoms with van der Waals surface area (Å²) in [7, 11) is 0. The molecule has 0 amide bonds. The van der Waals surface area contributed by atoms with Gasteiger partial charge in [0.25, 0.3) is 0 Å². The maximum absolute atomic E-state index is 3.90. The molecule has 0 saturated heterocycles. The highest BCUT2D eigenvalue weighted by molar-refractivity contribution is 5.30. The van der Waals surface area contributed by atoms with Crippen LogP contribution < -0.4 is 5.32 Å². The van der Waals surface area contributed by atoms with Gasteiger partial charge in [-0.25, -0.2) is 0 Å². The first-order valence-corrected chi connectivity index (χ1v) is 9.13. The normalized spacial score (nSPS) is 29.0. The fourth-order valence-corrected chi connectivity index (χ4v) is 4.92. The van der Waals surface area contributed by atoms with Crippen LogP contribution in [0.2, 0.25) is 0 Å². The van der Waals surface area contributed by atoms with Crippen molar-refractivity contribution in [3.8, 4) is 0 Å². The van der Waals surface area contributed by atoms with Crippen molar-refractivity contribution in [3.05, 3.63) is 35.4 Å². The summed E-state index contributed by atoms with van der Waals surface area (Å²) in [5.74, 6) is 2.74. The van der Waals surface area contributed by atoms with Crippen LogP contribution in [-0.4, -0.2) is 12.6 Å². The first-order chi connectivity index (χ1) is 10.3. The van der Waals surface area contributed by atoms with Crippen LogP contribution in [0.4, 0.5) is 0 Å². The highest BCUT2D eigenvalue weighted by Gasteiger charge is 2.42. The van der Waals surface area contributed by atoms with E-state index in [1.54, 1.807) is 11.1 Å². The van der Waals surface area contributed by atoms with Gasteiger partial charge in [-0.1, -0.05) is 44.5 Å². The van der Waals surface area contributed by atoms with Crippen molar-refractivity contribution in [3.63, 3.8) is 0 Å². The van der Waals surface area contributed by atoms with Crippen molar-refractivity contribution in [1.29, 1.82) is 0 Å². The molecule has 0 aromatic heterocycles. The van der Waals surface area contributed by atoms with Crippen LogP contribution in [0.15, 0.2) is 24.3 Å². The lowest BCUT2D eigenvalue weighted by Gasteiger charge is -2.32. The lowest BCUT2D eigenvalue weighted by molar-refractivity contribution is 0.220. The number of hydrogen-bond donors (Lipinski definition) is 1. The number of hydrogen-bond acceptors (Lipinski definition) is 1. The molecule has 1 fully saturated rings. The highest BCUT2D eigenvalue weighted by Crippen LogP contribution is 2.46. The molecule has 0 spiro atoms. The van der Waals surface area contributed by atoms with Gasteiger partial charge in [-0.15, -0.1) is 0 Å². The molecule has 1 aromatic rings. The Bertz CT molecular complexity index is 420. The number of benzene rings is 1.